The number of β-amino-alcohol motifs (C(OH)–C–C–N with tert-alkyl or cyclic N) is 1. The Balaban J connectivity index is 1.45. The summed E-state index contributed by atoms with van der Waals surface area (Å²) in [5, 5.41) is 13.8. The number of aromatic nitrogens is 1. The summed E-state index contributed by atoms with van der Waals surface area (Å²) in [4.78, 5) is 18.3. The number of hydrogen-bond donors (Lipinski definition) is 2. The molecular formula is C18H26ClN3O3. The molecule has 1 aliphatic carbocycles. The van der Waals surface area contributed by atoms with Crippen molar-refractivity contribution in [2.45, 2.75) is 63.2 Å². The van der Waals surface area contributed by atoms with E-state index in [0.717, 1.165) is 38.5 Å². The van der Waals surface area contributed by atoms with Crippen LogP contribution in [0.5, 0.6) is 5.88 Å². The van der Waals surface area contributed by atoms with Gasteiger partial charge in [-0.25, -0.2) is 9.78 Å². The van der Waals surface area contributed by atoms with E-state index in [0.29, 0.717) is 24.0 Å². The molecule has 2 N–H and O–H groups in total. The van der Waals surface area contributed by atoms with Crippen molar-refractivity contribution in [1.82, 2.24) is 15.2 Å². The minimum Gasteiger partial charge on any atom is -0.473 e. The third kappa shape index (κ3) is 4.98. The highest BCUT2D eigenvalue weighted by Crippen LogP contribution is 2.27. The molecule has 138 valence electrons. The Kier molecular flexibility index (Phi) is 5.69. The monoisotopic (exact) mass is 367 g/mol. The number of nitrogens with one attached hydrogen (secondary N) is 1. The number of aliphatic hydroxyl groups is 1. The maximum absolute atomic E-state index is 12.4. The van der Waals surface area contributed by atoms with Crippen molar-refractivity contribution in [1.29, 1.82) is 0 Å². The van der Waals surface area contributed by atoms with E-state index in [4.69, 9.17) is 16.3 Å². The van der Waals surface area contributed by atoms with Crippen molar-refractivity contribution >= 4 is 17.6 Å². The van der Waals surface area contributed by atoms with Gasteiger partial charge < -0.3 is 20.1 Å². The summed E-state index contributed by atoms with van der Waals surface area (Å²) in [5.74, 6) is 0.479. The van der Waals surface area contributed by atoms with Crippen LogP contribution in [0.25, 0.3) is 0 Å². The van der Waals surface area contributed by atoms with Gasteiger partial charge >= 0.3 is 6.03 Å². The number of likely N-dealkylation sites (tertiary alicyclic amines) is 1. The summed E-state index contributed by atoms with van der Waals surface area (Å²) in [5.41, 5.74) is -0.775. The summed E-state index contributed by atoms with van der Waals surface area (Å²) in [7, 11) is 0. The number of ether oxygens (including phenoxy) is 1. The van der Waals surface area contributed by atoms with E-state index >= 15 is 0 Å². The Hall–Kier alpha value is -1.53. The van der Waals surface area contributed by atoms with Crippen molar-refractivity contribution in [2.24, 2.45) is 0 Å². The Morgan fingerprint density at radius 3 is 2.88 bits per heavy atom. The molecule has 3 rings (SSSR count). The van der Waals surface area contributed by atoms with Crippen molar-refractivity contribution in [3.05, 3.63) is 23.4 Å². The largest absolute Gasteiger partial charge is 0.473 e. The summed E-state index contributed by atoms with van der Waals surface area (Å²) in [6.45, 7) is 2.89. The molecule has 2 fully saturated rings. The molecule has 1 aliphatic heterocycles. The quantitative estimate of drug-likeness (QED) is 0.861. The molecule has 0 radical (unpaired) electrons. The van der Waals surface area contributed by atoms with Crippen LogP contribution in [0.3, 0.4) is 0 Å². The lowest BCUT2D eigenvalue weighted by Gasteiger charge is -2.38. The molecule has 6 nitrogen and oxygen atoms in total. The lowest BCUT2D eigenvalue weighted by atomic mass is 9.92. The predicted molar refractivity (Wildman–Crippen MR) is 95.9 cm³/mol. The van der Waals surface area contributed by atoms with Gasteiger partial charge in [0.1, 0.15) is 11.1 Å². The van der Waals surface area contributed by atoms with Gasteiger partial charge in [-0.1, -0.05) is 11.6 Å². The Labute approximate surface area is 153 Å². The highest BCUT2D eigenvalue weighted by atomic mass is 35.5. The number of urea groups is 1. The van der Waals surface area contributed by atoms with Crippen LogP contribution in [-0.2, 0) is 0 Å². The zero-order valence-corrected chi connectivity index (χ0v) is 15.3. The fourth-order valence-electron chi connectivity index (χ4n) is 3.60. The molecular weight excluding hydrogens is 342 g/mol. The average molecular weight is 368 g/mol. The minimum atomic E-state index is -0.775. The Morgan fingerprint density at radius 2 is 2.20 bits per heavy atom. The summed E-state index contributed by atoms with van der Waals surface area (Å²) < 4.78 is 5.88. The lowest BCUT2D eigenvalue weighted by Crippen LogP contribution is -2.54. The highest BCUT2D eigenvalue weighted by molar-refractivity contribution is 6.31. The van der Waals surface area contributed by atoms with Crippen LogP contribution in [0.15, 0.2) is 18.3 Å². The number of carbonyl (C=O) groups is 1. The number of pyridine rings is 1. The van der Waals surface area contributed by atoms with Gasteiger partial charge in [-0.2, -0.15) is 0 Å². The van der Waals surface area contributed by atoms with Gasteiger partial charge in [-0.15, -0.1) is 0 Å². The van der Waals surface area contributed by atoms with Crippen LogP contribution < -0.4 is 10.1 Å². The predicted octanol–water partition coefficient (Wildman–Crippen LogP) is 2.98. The fraction of sp³-hybridized carbons (Fsp3) is 0.667. The molecule has 1 unspecified atom stereocenters. The van der Waals surface area contributed by atoms with Gasteiger partial charge in [0.2, 0.25) is 5.88 Å². The molecule has 0 bridgehead atoms. The lowest BCUT2D eigenvalue weighted by molar-refractivity contribution is -0.00317. The van der Waals surface area contributed by atoms with Crippen molar-refractivity contribution in [3.8, 4) is 5.88 Å². The van der Waals surface area contributed by atoms with Crippen LogP contribution in [0.1, 0.15) is 45.4 Å². The van der Waals surface area contributed by atoms with E-state index in [9.17, 15) is 9.90 Å². The molecule has 7 heteroatoms. The molecule has 2 heterocycles. The van der Waals surface area contributed by atoms with Crippen LogP contribution in [0.4, 0.5) is 4.79 Å². The van der Waals surface area contributed by atoms with Gasteiger partial charge in [0.05, 0.1) is 12.1 Å². The van der Waals surface area contributed by atoms with E-state index in [1.807, 2.05) is 0 Å². The van der Waals surface area contributed by atoms with E-state index in [-0.39, 0.29) is 18.2 Å². The number of nitrogens with zero attached hydrogens (tertiary/aromatic N) is 2. The van der Waals surface area contributed by atoms with Gasteiger partial charge in [-0.3, -0.25) is 0 Å². The third-order valence-electron chi connectivity index (χ3n) is 4.97. The first kappa shape index (κ1) is 18.3. The van der Waals surface area contributed by atoms with E-state index < -0.39 is 5.60 Å². The topological polar surface area (TPSA) is 74.7 Å². The van der Waals surface area contributed by atoms with Gasteiger partial charge in [0, 0.05) is 18.8 Å². The van der Waals surface area contributed by atoms with E-state index in [2.05, 4.69) is 10.3 Å². The summed E-state index contributed by atoms with van der Waals surface area (Å²) in [6, 6.07) is 3.62. The Bertz CT molecular complexity index is 603. The summed E-state index contributed by atoms with van der Waals surface area (Å²) in [6.07, 6.45) is 6.78. The maximum Gasteiger partial charge on any atom is 0.317 e. The molecule has 25 heavy (non-hydrogen) atoms. The molecule has 1 aromatic rings. The molecule has 2 amide bonds. The van der Waals surface area contributed by atoms with Crippen LogP contribution in [-0.4, -0.2) is 51.9 Å². The van der Waals surface area contributed by atoms with Gasteiger partial charge in [0.15, 0.2) is 0 Å². The Morgan fingerprint density at radius 1 is 1.44 bits per heavy atom. The SMILES string of the molecule is CC1(O)CCCN(C(=O)NC2CCC(Oc3ncccc3Cl)CC2)C1. The van der Waals surface area contributed by atoms with Crippen molar-refractivity contribution in [3.63, 3.8) is 0 Å². The first-order valence-corrected chi connectivity index (χ1v) is 9.36. The fourth-order valence-corrected chi connectivity index (χ4v) is 3.77. The highest BCUT2D eigenvalue weighted by Gasteiger charge is 2.32. The number of amides is 2. The normalized spacial score (nSPS) is 30.0. The van der Waals surface area contributed by atoms with Crippen LogP contribution in [0.2, 0.25) is 5.02 Å². The first-order chi connectivity index (χ1) is 11.9. The molecule has 1 saturated carbocycles. The van der Waals surface area contributed by atoms with Crippen molar-refractivity contribution in [2.75, 3.05) is 13.1 Å². The number of piperidine rings is 1. The van der Waals surface area contributed by atoms with Gasteiger partial charge in [-0.05, 0) is 57.6 Å². The first-order valence-electron chi connectivity index (χ1n) is 8.98. The van der Waals surface area contributed by atoms with Crippen LogP contribution in [0, 0.1) is 0 Å². The molecule has 1 aromatic heterocycles. The standard InChI is InChI=1S/C18H26ClN3O3/c1-18(24)9-3-11-22(12-18)17(23)21-13-5-7-14(8-6-13)25-16-15(19)4-2-10-20-16/h2,4,10,13-14,24H,3,5-9,11-12H2,1H3,(H,21,23). The minimum absolute atomic E-state index is 0.0721. The second-order valence-corrected chi connectivity index (χ2v) is 7.76. The summed E-state index contributed by atoms with van der Waals surface area (Å²) >= 11 is 6.08. The number of hydrogen-bond acceptors (Lipinski definition) is 4. The van der Waals surface area contributed by atoms with E-state index in [1.54, 1.807) is 30.2 Å². The molecule has 2 aliphatic rings. The second-order valence-electron chi connectivity index (χ2n) is 7.35. The molecule has 0 aromatic carbocycles. The van der Waals surface area contributed by atoms with Crippen LogP contribution >= 0.6 is 11.6 Å². The zero-order valence-electron chi connectivity index (χ0n) is 14.6. The van der Waals surface area contributed by atoms with Gasteiger partial charge in [0.25, 0.3) is 0 Å². The number of rotatable bonds is 3. The molecule has 0 spiro atoms. The average Bonchev–Trinajstić information content (AvgIpc) is 2.58. The smallest absolute Gasteiger partial charge is 0.317 e. The third-order valence-corrected chi connectivity index (χ3v) is 5.25. The molecule has 1 saturated heterocycles. The van der Waals surface area contributed by atoms with Crippen molar-refractivity contribution < 1.29 is 14.6 Å². The number of halogens is 1. The van der Waals surface area contributed by atoms with E-state index in [1.165, 1.54) is 0 Å². The second kappa shape index (κ2) is 7.79. The maximum atomic E-state index is 12.4. The zero-order chi connectivity index (χ0) is 17.9. The molecule has 1 atom stereocenters. The number of carbonyl (C=O) groups excluding carboxylic acids is 1.